The first kappa shape index (κ1) is 19.4. The zero-order chi connectivity index (χ0) is 19.2. The Kier molecular flexibility index (Phi) is 6.48. The van der Waals surface area contributed by atoms with E-state index in [0.717, 1.165) is 45.5 Å². The lowest BCUT2D eigenvalue weighted by Crippen LogP contribution is -2.17. The molecule has 0 aliphatic rings. The minimum atomic E-state index is 0.546. The van der Waals surface area contributed by atoms with Crippen molar-refractivity contribution >= 4 is 26.8 Å². The number of hydrogen-bond donors (Lipinski definition) is 0. The van der Waals surface area contributed by atoms with Gasteiger partial charge in [0.2, 0.25) is 0 Å². The highest BCUT2D eigenvalue weighted by Crippen LogP contribution is 2.30. The van der Waals surface area contributed by atoms with Gasteiger partial charge in [0, 0.05) is 41.6 Å². The predicted molar refractivity (Wildman–Crippen MR) is 116 cm³/mol. The first-order valence-electron chi connectivity index (χ1n) is 8.88. The number of fused-ring (bicyclic) bond motifs is 1. The molecule has 0 amide bonds. The maximum absolute atomic E-state index is 5.87. The van der Waals surface area contributed by atoms with E-state index in [2.05, 4.69) is 58.7 Å². The van der Waals surface area contributed by atoms with Gasteiger partial charge in [0.05, 0.1) is 5.52 Å². The summed E-state index contributed by atoms with van der Waals surface area (Å²) in [7, 11) is 4.02. The Balaban J connectivity index is 1.71. The Morgan fingerprint density at radius 3 is 2.67 bits per heavy atom. The number of rotatable bonds is 8. The largest absolute Gasteiger partial charge is 0.489 e. The lowest BCUT2D eigenvalue weighted by atomic mass is 10.1. The average molecular weight is 426 g/mol. The van der Waals surface area contributed by atoms with E-state index in [1.54, 1.807) is 0 Å². The van der Waals surface area contributed by atoms with Crippen LogP contribution in [0.3, 0.4) is 0 Å². The van der Waals surface area contributed by atoms with Gasteiger partial charge in [-0.1, -0.05) is 46.3 Å². The summed E-state index contributed by atoms with van der Waals surface area (Å²) in [6.07, 6.45) is 6.05. The van der Waals surface area contributed by atoms with Crippen LogP contribution < -0.4 is 4.74 Å². The molecular formula is C22H24BrN3O. The Morgan fingerprint density at radius 2 is 1.93 bits per heavy atom. The normalized spacial score (nSPS) is 11.6. The molecule has 140 valence electrons. The summed E-state index contributed by atoms with van der Waals surface area (Å²) >= 11 is 3.48. The summed E-state index contributed by atoms with van der Waals surface area (Å²) in [6, 6.07) is 14.3. The van der Waals surface area contributed by atoms with Crippen LogP contribution in [0.15, 0.2) is 71.7 Å². The van der Waals surface area contributed by atoms with Crippen LogP contribution in [-0.2, 0) is 7.05 Å². The molecule has 0 saturated carbocycles. The van der Waals surface area contributed by atoms with Crippen molar-refractivity contribution in [3.8, 4) is 17.0 Å². The van der Waals surface area contributed by atoms with Crippen LogP contribution >= 0.6 is 15.9 Å². The van der Waals surface area contributed by atoms with Gasteiger partial charge in [-0.2, -0.15) is 5.10 Å². The van der Waals surface area contributed by atoms with Gasteiger partial charge >= 0.3 is 0 Å². The molecule has 0 spiro atoms. The van der Waals surface area contributed by atoms with Crippen LogP contribution in [0, 0.1) is 0 Å². The fourth-order valence-electron chi connectivity index (χ4n) is 2.91. The lowest BCUT2D eigenvalue weighted by molar-refractivity contribution is 0.360. The fourth-order valence-corrected chi connectivity index (χ4v) is 3.17. The second-order valence-electron chi connectivity index (χ2n) is 6.45. The second kappa shape index (κ2) is 9.02. The molecule has 0 fully saturated rings. The molecule has 1 heterocycles. The molecule has 0 N–H and O–H groups in total. The van der Waals surface area contributed by atoms with Crippen molar-refractivity contribution in [1.29, 1.82) is 0 Å². The number of aromatic nitrogens is 2. The van der Waals surface area contributed by atoms with Crippen LogP contribution in [0.5, 0.6) is 5.75 Å². The molecule has 27 heavy (non-hydrogen) atoms. The lowest BCUT2D eigenvalue weighted by Gasteiger charge is -2.10. The van der Waals surface area contributed by atoms with Crippen molar-refractivity contribution in [2.24, 2.45) is 7.05 Å². The molecule has 3 rings (SSSR count). The van der Waals surface area contributed by atoms with E-state index in [1.807, 2.05) is 48.1 Å². The monoisotopic (exact) mass is 425 g/mol. The number of benzene rings is 2. The zero-order valence-electron chi connectivity index (χ0n) is 15.7. The van der Waals surface area contributed by atoms with Crippen molar-refractivity contribution < 1.29 is 4.74 Å². The molecular weight excluding hydrogens is 402 g/mol. The molecule has 0 bridgehead atoms. The number of likely N-dealkylation sites (N-methyl/N-ethyl adjacent to an activating group) is 1. The smallest absolute Gasteiger partial charge is 0.121 e. The maximum atomic E-state index is 5.87. The fraction of sp³-hybridized carbons (Fsp3) is 0.227. The van der Waals surface area contributed by atoms with E-state index in [1.165, 1.54) is 0 Å². The third kappa shape index (κ3) is 4.87. The first-order valence-corrected chi connectivity index (χ1v) is 9.67. The van der Waals surface area contributed by atoms with Gasteiger partial charge in [0.15, 0.2) is 0 Å². The minimum absolute atomic E-state index is 0.546. The van der Waals surface area contributed by atoms with Crippen molar-refractivity contribution in [1.82, 2.24) is 14.7 Å². The zero-order valence-corrected chi connectivity index (χ0v) is 17.3. The molecule has 4 nitrogen and oxygen atoms in total. The van der Waals surface area contributed by atoms with E-state index in [4.69, 9.17) is 9.84 Å². The van der Waals surface area contributed by atoms with E-state index < -0.39 is 0 Å². The van der Waals surface area contributed by atoms with Gasteiger partial charge in [-0.3, -0.25) is 9.58 Å². The molecule has 1 aromatic heterocycles. The molecule has 3 aromatic rings. The number of hydrogen-bond acceptors (Lipinski definition) is 3. The van der Waals surface area contributed by atoms with Gasteiger partial charge in [-0.15, -0.1) is 6.58 Å². The first-order chi connectivity index (χ1) is 13.1. The number of ether oxygens (including phenoxy) is 1. The highest BCUT2D eigenvalue weighted by atomic mass is 79.9. The molecule has 5 heteroatoms. The second-order valence-corrected chi connectivity index (χ2v) is 7.37. The highest BCUT2D eigenvalue weighted by molar-refractivity contribution is 9.10. The third-order valence-corrected chi connectivity index (χ3v) is 4.84. The summed E-state index contributed by atoms with van der Waals surface area (Å²) in [4.78, 5) is 2.18. The van der Waals surface area contributed by atoms with Gasteiger partial charge in [-0.05, 0) is 31.3 Å². The van der Waals surface area contributed by atoms with Crippen molar-refractivity contribution in [2.75, 3.05) is 26.7 Å². The van der Waals surface area contributed by atoms with Crippen LogP contribution in [0.2, 0.25) is 0 Å². The van der Waals surface area contributed by atoms with Gasteiger partial charge in [0.1, 0.15) is 18.1 Å². The Bertz CT molecular complexity index is 944. The van der Waals surface area contributed by atoms with Crippen molar-refractivity contribution in [3.63, 3.8) is 0 Å². The minimum Gasteiger partial charge on any atom is -0.489 e. The highest BCUT2D eigenvalue weighted by Gasteiger charge is 2.11. The van der Waals surface area contributed by atoms with Crippen molar-refractivity contribution in [2.45, 2.75) is 0 Å². The van der Waals surface area contributed by atoms with E-state index in [9.17, 15) is 0 Å². The number of aryl methyl sites for hydroxylation is 1. The number of nitrogens with zero attached hydrogens (tertiary/aromatic N) is 3. The van der Waals surface area contributed by atoms with Crippen LogP contribution in [0.25, 0.3) is 22.2 Å². The summed E-state index contributed by atoms with van der Waals surface area (Å²) in [6.45, 7) is 6.05. The molecule has 0 unspecified atom stereocenters. The summed E-state index contributed by atoms with van der Waals surface area (Å²) in [5, 5.41) is 5.81. The Hall–Kier alpha value is -2.37. The number of halogens is 1. The van der Waals surface area contributed by atoms with E-state index >= 15 is 0 Å². The molecule has 0 aliphatic heterocycles. The van der Waals surface area contributed by atoms with Crippen molar-refractivity contribution in [3.05, 3.63) is 71.7 Å². The Labute approximate surface area is 168 Å². The van der Waals surface area contributed by atoms with Gasteiger partial charge in [-0.25, -0.2) is 0 Å². The van der Waals surface area contributed by atoms with E-state index in [0.29, 0.717) is 6.61 Å². The molecule has 0 aliphatic carbocycles. The maximum Gasteiger partial charge on any atom is 0.121 e. The summed E-state index contributed by atoms with van der Waals surface area (Å²) in [5.41, 5.74) is 3.14. The Morgan fingerprint density at radius 1 is 1.15 bits per heavy atom. The average Bonchev–Trinajstić information content (AvgIpc) is 2.99. The van der Waals surface area contributed by atoms with Gasteiger partial charge in [0.25, 0.3) is 0 Å². The van der Waals surface area contributed by atoms with E-state index in [-0.39, 0.29) is 0 Å². The SMILES string of the molecule is C=CCN(C)C/C=C/COc1ccc2c(-c3ccc(Br)cc3)nn(C)c2c1. The summed E-state index contributed by atoms with van der Waals surface area (Å²) in [5.74, 6) is 0.844. The van der Waals surface area contributed by atoms with Crippen LogP contribution in [0.4, 0.5) is 0 Å². The van der Waals surface area contributed by atoms with Crippen LogP contribution in [0.1, 0.15) is 0 Å². The van der Waals surface area contributed by atoms with Crippen LogP contribution in [-0.4, -0.2) is 41.4 Å². The predicted octanol–water partition coefficient (Wildman–Crippen LogP) is 5.06. The topological polar surface area (TPSA) is 30.3 Å². The standard InChI is InChI=1S/C22H24BrN3O/c1-4-13-25(2)14-5-6-15-27-19-11-12-20-21(16-19)26(3)24-22(20)17-7-9-18(23)10-8-17/h4-12,16H,1,13-15H2,2-3H3/b6-5+. The molecule has 0 atom stereocenters. The molecule has 2 aromatic carbocycles. The summed E-state index contributed by atoms with van der Waals surface area (Å²) < 4.78 is 8.83. The van der Waals surface area contributed by atoms with Gasteiger partial charge < -0.3 is 4.74 Å². The molecule has 0 radical (unpaired) electrons. The quantitative estimate of drug-likeness (QED) is 0.472. The third-order valence-electron chi connectivity index (χ3n) is 4.31. The molecule has 0 saturated heterocycles.